The topological polar surface area (TPSA) is 0 Å². The van der Waals surface area contributed by atoms with E-state index in [1.807, 2.05) is 0 Å². The molecule has 0 N–H and O–H groups in total. The molecular formula is C10H22ClP. The van der Waals surface area contributed by atoms with Gasteiger partial charge in [-0.25, -0.2) is 0 Å². The van der Waals surface area contributed by atoms with Crippen LogP contribution in [0.15, 0.2) is 0 Å². The second kappa shape index (κ2) is 3.84. The predicted molar refractivity (Wildman–Crippen MR) is 62.1 cm³/mol. The molecule has 1 fully saturated rings. The van der Waals surface area contributed by atoms with Crippen LogP contribution in [0.3, 0.4) is 0 Å². The Bertz CT molecular complexity index is 144. The molecule has 0 aromatic heterocycles. The number of halogens is 1. The van der Waals surface area contributed by atoms with Crippen LogP contribution in [0.2, 0.25) is 0 Å². The van der Waals surface area contributed by atoms with E-state index < -0.39 is 5.96 Å². The van der Waals surface area contributed by atoms with Crippen molar-refractivity contribution in [3.63, 3.8) is 0 Å². The summed E-state index contributed by atoms with van der Waals surface area (Å²) >= 11 is 6.84. The van der Waals surface area contributed by atoms with Gasteiger partial charge in [0.05, 0.1) is 0 Å². The number of rotatable bonds is 3. The van der Waals surface area contributed by atoms with E-state index in [-0.39, 0.29) is 0 Å². The fourth-order valence-corrected chi connectivity index (χ4v) is 7.38. The summed E-state index contributed by atoms with van der Waals surface area (Å²) in [4.78, 5) is 0. The quantitative estimate of drug-likeness (QED) is 0.607. The van der Waals surface area contributed by atoms with Gasteiger partial charge in [0.1, 0.15) is 0 Å². The normalized spacial score (nSPS) is 30.4. The number of hydrogen-bond acceptors (Lipinski definition) is 0. The van der Waals surface area contributed by atoms with Crippen molar-refractivity contribution in [1.29, 1.82) is 0 Å². The minimum absolute atomic E-state index is 1.30. The molecule has 1 rings (SSSR count). The summed E-state index contributed by atoms with van der Waals surface area (Å²) in [6.45, 7) is 4.67. The van der Waals surface area contributed by atoms with Crippen LogP contribution in [0.5, 0.6) is 0 Å². The molecule has 0 bridgehead atoms. The van der Waals surface area contributed by atoms with Gasteiger partial charge >= 0.3 is 81.4 Å². The van der Waals surface area contributed by atoms with Crippen LogP contribution in [0.1, 0.15) is 39.0 Å². The summed E-state index contributed by atoms with van der Waals surface area (Å²) in [7, 11) is 0. The molecule has 2 heteroatoms. The van der Waals surface area contributed by atoms with Gasteiger partial charge in [-0.05, 0) is 0 Å². The molecule has 0 aliphatic carbocycles. The maximum absolute atomic E-state index is 6.84. The molecular weight excluding hydrogens is 187 g/mol. The molecule has 0 spiro atoms. The van der Waals surface area contributed by atoms with Crippen molar-refractivity contribution in [2.24, 2.45) is 0 Å². The fraction of sp³-hybridized carbons (Fsp3) is 1.00. The predicted octanol–water partition coefficient (Wildman–Crippen LogP) is 4.31. The summed E-state index contributed by atoms with van der Waals surface area (Å²) in [5.41, 5.74) is 0. The van der Waals surface area contributed by atoms with Crippen molar-refractivity contribution >= 4 is 17.2 Å². The Labute approximate surface area is 81.8 Å². The second-order valence-corrected chi connectivity index (χ2v) is 13.5. The molecule has 1 heterocycles. The van der Waals surface area contributed by atoms with Crippen LogP contribution < -0.4 is 0 Å². The van der Waals surface area contributed by atoms with Crippen LogP contribution in [0, 0.1) is 0 Å². The van der Waals surface area contributed by atoms with E-state index in [1.165, 1.54) is 50.6 Å². The van der Waals surface area contributed by atoms with E-state index in [9.17, 15) is 0 Å². The molecule has 0 amide bonds. The Balaban J connectivity index is 2.50. The van der Waals surface area contributed by atoms with Crippen LogP contribution in [0.4, 0.5) is 0 Å². The summed E-state index contributed by atoms with van der Waals surface area (Å²) in [6.07, 6.45) is 10.9. The zero-order chi connectivity index (χ0) is 9.10. The van der Waals surface area contributed by atoms with E-state index in [2.05, 4.69) is 13.6 Å². The molecule has 0 unspecified atom stereocenters. The van der Waals surface area contributed by atoms with Crippen molar-refractivity contribution < 1.29 is 0 Å². The van der Waals surface area contributed by atoms with Gasteiger partial charge in [0.25, 0.3) is 0 Å². The van der Waals surface area contributed by atoms with E-state index >= 15 is 0 Å². The maximum atomic E-state index is 6.84. The van der Waals surface area contributed by atoms with Crippen LogP contribution in [-0.4, -0.2) is 25.2 Å². The molecule has 1 aliphatic rings. The molecule has 12 heavy (non-hydrogen) atoms. The molecule has 0 saturated carbocycles. The summed E-state index contributed by atoms with van der Waals surface area (Å²) in [5.74, 6) is -1.65. The van der Waals surface area contributed by atoms with E-state index in [0.29, 0.717) is 0 Å². The van der Waals surface area contributed by atoms with Crippen LogP contribution >= 0.6 is 17.2 Å². The molecule has 0 aromatic carbocycles. The molecule has 0 aromatic rings. The first-order chi connectivity index (χ1) is 5.55. The molecule has 0 nitrogen and oxygen atoms in total. The van der Waals surface area contributed by atoms with Crippen molar-refractivity contribution in [3.05, 3.63) is 0 Å². The Morgan fingerprint density at radius 1 is 1.17 bits per heavy atom. The van der Waals surface area contributed by atoms with E-state index in [4.69, 9.17) is 11.2 Å². The average Bonchev–Trinajstić information content (AvgIpc) is 2.02. The average molecular weight is 209 g/mol. The van der Waals surface area contributed by atoms with Crippen LogP contribution in [-0.2, 0) is 0 Å². The fourth-order valence-electron chi connectivity index (χ4n) is 2.22. The summed E-state index contributed by atoms with van der Waals surface area (Å²) in [5, 5.41) is 0. The van der Waals surface area contributed by atoms with Gasteiger partial charge < -0.3 is 0 Å². The van der Waals surface area contributed by atoms with Crippen molar-refractivity contribution in [2.75, 3.05) is 25.2 Å². The molecule has 0 atom stereocenters. The van der Waals surface area contributed by atoms with Gasteiger partial charge in [-0.15, -0.1) is 0 Å². The summed E-state index contributed by atoms with van der Waals surface area (Å²) < 4.78 is 0. The van der Waals surface area contributed by atoms with Crippen LogP contribution in [0.25, 0.3) is 0 Å². The van der Waals surface area contributed by atoms with Gasteiger partial charge in [0.15, 0.2) is 0 Å². The monoisotopic (exact) mass is 208 g/mol. The van der Waals surface area contributed by atoms with Gasteiger partial charge in [0.2, 0.25) is 0 Å². The Hall–Kier alpha value is 0.720. The number of hydrogen-bond donors (Lipinski definition) is 0. The number of unbranched alkanes of at least 4 members (excludes halogenated alkanes) is 1. The molecule has 1 saturated heterocycles. The van der Waals surface area contributed by atoms with Gasteiger partial charge in [-0.2, -0.15) is 0 Å². The third kappa shape index (κ3) is 2.89. The Morgan fingerprint density at radius 2 is 1.75 bits per heavy atom. The SMILES string of the molecule is CCCCP1(C)(Cl)CCCCC1. The third-order valence-corrected chi connectivity index (χ3v) is 9.42. The zero-order valence-electron chi connectivity index (χ0n) is 8.48. The zero-order valence-corrected chi connectivity index (χ0v) is 10.1. The van der Waals surface area contributed by atoms with Gasteiger partial charge in [-0.1, -0.05) is 0 Å². The molecule has 74 valence electrons. The first-order valence-corrected chi connectivity index (χ1v) is 9.42. The molecule has 1 aliphatic heterocycles. The Morgan fingerprint density at radius 3 is 2.25 bits per heavy atom. The first kappa shape index (κ1) is 10.8. The Kier molecular flexibility index (Phi) is 3.46. The van der Waals surface area contributed by atoms with E-state index in [0.717, 1.165) is 0 Å². The van der Waals surface area contributed by atoms with Gasteiger partial charge in [-0.3, -0.25) is 0 Å². The third-order valence-electron chi connectivity index (χ3n) is 3.20. The van der Waals surface area contributed by atoms with Crippen molar-refractivity contribution in [2.45, 2.75) is 39.0 Å². The second-order valence-electron chi connectivity index (χ2n) is 4.73. The standard InChI is InChI=1S/C10H22ClP/c1-3-4-8-12(2,11)9-6-5-7-10-12/h3-10H2,1-2H3. The first-order valence-electron chi connectivity index (χ1n) is 5.27. The minimum atomic E-state index is -1.65. The summed E-state index contributed by atoms with van der Waals surface area (Å²) in [6, 6.07) is 0. The molecule has 0 radical (unpaired) electrons. The van der Waals surface area contributed by atoms with E-state index in [1.54, 1.807) is 0 Å². The van der Waals surface area contributed by atoms with Gasteiger partial charge in [0, 0.05) is 0 Å². The van der Waals surface area contributed by atoms with Crippen molar-refractivity contribution in [1.82, 2.24) is 0 Å². The van der Waals surface area contributed by atoms with Crippen molar-refractivity contribution in [3.8, 4) is 0 Å².